The molecule has 4 nitrogen and oxygen atoms in total. The Balaban J connectivity index is 4.24. The number of carbonyl (C=O) groups is 1. The number of amides is 1. The van der Waals surface area contributed by atoms with Gasteiger partial charge in [0.05, 0.1) is 5.54 Å². The Hall–Kier alpha value is -0.610. The second kappa shape index (κ2) is 5.32. The Morgan fingerprint density at radius 3 is 2.29 bits per heavy atom. The topological polar surface area (TPSA) is 75.3 Å². The number of aliphatic hydroxyl groups is 1. The van der Waals surface area contributed by atoms with Crippen molar-refractivity contribution >= 4 is 5.91 Å². The number of nitrogens with two attached hydrogens (primary N) is 1. The maximum atomic E-state index is 11.5. The highest BCUT2D eigenvalue weighted by Crippen LogP contribution is 2.07. The van der Waals surface area contributed by atoms with Crippen LogP contribution in [0.3, 0.4) is 0 Å². The molecule has 14 heavy (non-hydrogen) atoms. The second-order valence-corrected chi connectivity index (χ2v) is 4.56. The molecule has 0 radical (unpaired) electrons. The second-order valence-electron chi connectivity index (χ2n) is 4.56. The van der Waals surface area contributed by atoms with Gasteiger partial charge in [0.25, 0.3) is 0 Å². The molecule has 0 spiro atoms. The number of rotatable bonds is 5. The molecule has 4 heteroatoms. The molecule has 0 saturated heterocycles. The first-order valence-electron chi connectivity index (χ1n) is 4.99. The van der Waals surface area contributed by atoms with Crippen molar-refractivity contribution in [1.82, 2.24) is 5.32 Å². The van der Waals surface area contributed by atoms with Crippen LogP contribution >= 0.6 is 0 Å². The number of nitrogens with one attached hydrogen (secondary N) is 1. The van der Waals surface area contributed by atoms with Crippen molar-refractivity contribution < 1.29 is 9.90 Å². The van der Waals surface area contributed by atoms with Gasteiger partial charge in [0.2, 0.25) is 5.91 Å². The molecule has 0 aliphatic heterocycles. The molecule has 0 aromatic rings. The first-order chi connectivity index (χ1) is 6.29. The van der Waals surface area contributed by atoms with Gasteiger partial charge >= 0.3 is 0 Å². The van der Waals surface area contributed by atoms with Gasteiger partial charge in [-0.1, -0.05) is 13.8 Å². The number of hydrogen-bond acceptors (Lipinski definition) is 3. The number of carbonyl (C=O) groups excluding carboxylic acids is 1. The molecule has 0 heterocycles. The van der Waals surface area contributed by atoms with Crippen LogP contribution in [0.5, 0.6) is 0 Å². The van der Waals surface area contributed by atoms with Crippen LogP contribution in [-0.2, 0) is 4.79 Å². The third-order valence-electron chi connectivity index (χ3n) is 2.15. The van der Waals surface area contributed by atoms with Crippen LogP contribution in [0.2, 0.25) is 0 Å². The van der Waals surface area contributed by atoms with Crippen LogP contribution in [0, 0.1) is 5.92 Å². The maximum absolute atomic E-state index is 11.5. The lowest BCUT2D eigenvalue weighted by Gasteiger charge is -2.26. The average molecular weight is 202 g/mol. The molecule has 0 aliphatic rings. The summed E-state index contributed by atoms with van der Waals surface area (Å²) in [5, 5.41) is 11.7. The van der Waals surface area contributed by atoms with Crippen molar-refractivity contribution in [3.63, 3.8) is 0 Å². The van der Waals surface area contributed by atoms with Crippen molar-refractivity contribution in [3.8, 4) is 0 Å². The zero-order valence-corrected chi connectivity index (χ0v) is 9.50. The Bertz CT molecular complexity index is 185. The lowest BCUT2D eigenvalue weighted by Crippen LogP contribution is -2.53. The zero-order chi connectivity index (χ0) is 11.4. The third kappa shape index (κ3) is 4.58. The monoisotopic (exact) mass is 202 g/mol. The molecule has 1 amide bonds. The van der Waals surface area contributed by atoms with Crippen LogP contribution in [0.4, 0.5) is 0 Å². The summed E-state index contributed by atoms with van der Waals surface area (Å²) >= 11 is 0. The van der Waals surface area contributed by atoms with Gasteiger partial charge in [-0.3, -0.25) is 4.79 Å². The van der Waals surface area contributed by atoms with Crippen LogP contribution in [0.25, 0.3) is 0 Å². The highest BCUT2D eigenvalue weighted by Gasteiger charge is 2.25. The fraction of sp³-hybridized carbons (Fsp3) is 0.900. The third-order valence-corrected chi connectivity index (χ3v) is 2.15. The summed E-state index contributed by atoms with van der Waals surface area (Å²) in [4.78, 5) is 11.5. The molecule has 84 valence electrons. The van der Waals surface area contributed by atoms with E-state index >= 15 is 0 Å². The minimum Gasteiger partial charge on any atom is -0.396 e. The fourth-order valence-electron chi connectivity index (χ4n) is 1.07. The quantitative estimate of drug-likeness (QED) is 0.598. The molecule has 1 unspecified atom stereocenters. The molecular formula is C10H22N2O2. The molecule has 0 saturated carbocycles. The summed E-state index contributed by atoms with van der Waals surface area (Å²) in [5.41, 5.74) is 4.79. The zero-order valence-electron chi connectivity index (χ0n) is 9.50. The van der Waals surface area contributed by atoms with Gasteiger partial charge in [0, 0.05) is 12.6 Å². The van der Waals surface area contributed by atoms with Crippen LogP contribution in [0.15, 0.2) is 0 Å². The van der Waals surface area contributed by atoms with Gasteiger partial charge in [0.1, 0.15) is 0 Å². The van der Waals surface area contributed by atoms with E-state index in [2.05, 4.69) is 5.32 Å². The van der Waals surface area contributed by atoms with E-state index in [0.717, 1.165) is 0 Å². The summed E-state index contributed by atoms with van der Waals surface area (Å²) < 4.78 is 0. The van der Waals surface area contributed by atoms with Crippen LogP contribution < -0.4 is 11.1 Å². The van der Waals surface area contributed by atoms with Crippen molar-refractivity contribution in [2.75, 3.05) is 6.61 Å². The summed E-state index contributed by atoms with van der Waals surface area (Å²) in [6.45, 7) is 7.42. The standard InChI is InChI=1S/C10H22N2O2/c1-7(2)8(5-6-13)12-9(14)10(3,4)11/h7-8,13H,5-6,11H2,1-4H3,(H,12,14). The Labute approximate surface area is 85.9 Å². The van der Waals surface area contributed by atoms with Gasteiger partial charge in [0.15, 0.2) is 0 Å². The van der Waals surface area contributed by atoms with Gasteiger partial charge in [-0.05, 0) is 26.2 Å². The predicted octanol–water partition coefficient (Wildman–Crippen LogP) is 0.247. The van der Waals surface area contributed by atoms with Crippen molar-refractivity contribution in [2.45, 2.75) is 45.7 Å². The van der Waals surface area contributed by atoms with E-state index in [0.29, 0.717) is 12.3 Å². The maximum Gasteiger partial charge on any atom is 0.239 e. The van der Waals surface area contributed by atoms with E-state index in [9.17, 15) is 4.79 Å². The van der Waals surface area contributed by atoms with Gasteiger partial charge in [-0.2, -0.15) is 0 Å². The molecule has 0 aliphatic carbocycles. The van der Waals surface area contributed by atoms with Crippen molar-refractivity contribution in [2.24, 2.45) is 11.7 Å². The predicted molar refractivity (Wildman–Crippen MR) is 56.7 cm³/mol. The van der Waals surface area contributed by atoms with E-state index in [4.69, 9.17) is 10.8 Å². The first-order valence-corrected chi connectivity index (χ1v) is 4.99. The lowest BCUT2D eigenvalue weighted by atomic mass is 9.99. The molecule has 0 fully saturated rings. The van der Waals surface area contributed by atoms with Crippen molar-refractivity contribution in [1.29, 1.82) is 0 Å². The molecule has 1 atom stereocenters. The van der Waals surface area contributed by atoms with Crippen LogP contribution in [-0.4, -0.2) is 29.2 Å². The summed E-state index contributed by atoms with van der Waals surface area (Å²) in [7, 11) is 0. The minimum absolute atomic E-state index is 0.00433. The van der Waals surface area contributed by atoms with E-state index in [-0.39, 0.29) is 18.6 Å². The van der Waals surface area contributed by atoms with E-state index in [1.165, 1.54) is 0 Å². The normalized spacial score (nSPS) is 14.2. The van der Waals surface area contributed by atoms with Crippen LogP contribution in [0.1, 0.15) is 34.1 Å². The molecule has 0 rings (SSSR count). The van der Waals surface area contributed by atoms with E-state index in [1.807, 2.05) is 13.8 Å². The number of hydrogen-bond donors (Lipinski definition) is 3. The largest absolute Gasteiger partial charge is 0.396 e. The Morgan fingerprint density at radius 1 is 1.50 bits per heavy atom. The van der Waals surface area contributed by atoms with Gasteiger partial charge < -0.3 is 16.2 Å². The van der Waals surface area contributed by atoms with Gasteiger partial charge in [-0.25, -0.2) is 0 Å². The van der Waals surface area contributed by atoms with Gasteiger partial charge in [-0.15, -0.1) is 0 Å². The molecule has 0 aromatic carbocycles. The highest BCUT2D eigenvalue weighted by atomic mass is 16.3. The first kappa shape index (κ1) is 13.4. The Morgan fingerprint density at radius 2 is 2.00 bits per heavy atom. The molecular weight excluding hydrogens is 180 g/mol. The average Bonchev–Trinajstić information content (AvgIpc) is 2.01. The molecule has 0 aromatic heterocycles. The summed E-state index contributed by atoms with van der Waals surface area (Å²) in [5.74, 6) is 0.123. The minimum atomic E-state index is -0.859. The van der Waals surface area contributed by atoms with E-state index in [1.54, 1.807) is 13.8 Å². The fourth-order valence-corrected chi connectivity index (χ4v) is 1.07. The summed E-state index contributed by atoms with van der Waals surface area (Å²) in [6, 6.07) is -0.00433. The molecule has 4 N–H and O–H groups in total. The molecule has 0 bridgehead atoms. The smallest absolute Gasteiger partial charge is 0.239 e. The van der Waals surface area contributed by atoms with E-state index < -0.39 is 5.54 Å². The van der Waals surface area contributed by atoms with Crippen molar-refractivity contribution in [3.05, 3.63) is 0 Å². The summed E-state index contributed by atoms with van der Waals surface area (Å²) in [6.07, 6.45) is 0.569. The highest BCUT2D eigenvalue weighted by molar-refractivity contribution is 5.85. The number of aliphatic hydroxyl groups excluding tert-OH is 1. The Kier molecular flexibility index (Phi) is 5.08. The lowest BCUT2D eigenvalue weighted by molar-refractivity contribution is -0.126. The SMILES string of the molecule is CC(C)C(CCO)NC(=O)C(C)(C)N.